The molecule has 0 heterocycles. The SMILES string of the molecule is Cc1ccc(S(=O)(=O)N(CC(=O)NCCN(C)C)c2ccc(C)c(C)c2)cc1. The van der Waals surface area contributed by atoms with Gasteiger partial charge in [0.25, 0.3) is 10.0 Å². The Morgan fingerprint density at radius 1 is 0.964 bits per heavy atom. The number of amides is 1. The van der Waals surface area contributed by atoms with Gasteiger partial charge in [-0.25, -0.2) is 8.42 Å². The summed E-state index contributed by atoms with van der Waals surface area (Å²) in [7, 11) is -0.0507. The largest absolute Gasteiger partial charge is 0.353 e. The van der Waals surface area contributed by atoms with Gasteiger partial charge in [-0.2, -0.15) is 0 Å². The highest BCUT2D eigenvalue weighted by atomic mass is 32.2. The standard InChI is InChI=1S/C21H29N3O3S/c1-16-6-10-20(11-7-16)28(26,27)24(15-21(25)22-12-13-23(4)5)19-9-8-17(2)18(3)14-19/h6-11,14H,12-13,15H2,1-5H3,(H,22,25). The number of hydrogen-bond donors (Lipinski definition) is 1. The van der Waals surface area contributed by atoms with Crippen LogP contribution in [0.25, 0.3) is 0 Å². The summed E-state index contributed by atoms with van der Waals surface area (Å²) < 4.78 is 27.8. The van der Waals surface area contributed by atoms with Crippen molar-refractivity contribution in [2.24, 2.45) is 0 Å². The third-order valence-corrected chi connectivity index (χ3v) is 6.34. The summed E-state index contributed by atoms with van der Waals surface area (Å²) in [5.41, 5.74) is 3.48. The number of nitrogens with zero attached hydrogens (tertiary/aromatic N) is 2. The number of benzene rings is 2. The van der Waals surface area contributed by atoms with E-state index < -0.39 is 10.0 Å². The lowest BCUT2D eigenvalue weighted by molar-refractivity contribution is -0.119. The molecule has 152 valence electrons. The van der Waals surface area contributed by atoms with Crippen molar-refractivity contribution < 1.29 is 13.2 Å². The van der Waals surface area contributed by atoms with E-state index in [-0.39, 0.29) is 17.3 Å². The quantitative estimate of drug-likeness (QED) is 0.735. The highest BCUT2D eigenvalue weighted by Gasteiger charge is 2.27. The van der Waals surface area contributed by atoms with Gasteiger partial charge in [0.1, 0.15) is 6.54 Å². The molecular formula is C21H29N3O3S. The molecule has 0 unspecified atom stereocenters. The second kappa shape index (κ2) is 9.21. The molecule has 0 spiro atoms. The van der Waals surface area contributed by atoms with Crippen molar-refractivity contribution in [2.45, 2.75) is 25.7 Å². The second-order valence-corrected chi connectivity index (χ2v) is 9.11. The van der Waals surface area contributed by atoms with Crippen molar-refractivity contribution >= 4 is 21.6 Å². The molecule has 1 amide bonds. The van der Waals surface area contributed by atoms with Crippen molar-refractivity contribution in [1.82, 2.24) is 10.2 Å². The number of likely N-dealkylation sites (N-methyl/N-ethyl adjacent to an activating group) is 1. The Balaban J connectivity index is 2.36. The molecular weight excluding hydrogens is 374 g/mol. The molecule has 2 rings (SSSR count). The molecule has 0 aliphatic carbocycles. The molecule has 6 nitrogen and oxygen atoms in total. The lowest BCUT2D eigenvalue weighted by Gasteiger charge is -2.25. The van der Waals surface area contributed by atoms with Gasteiger partial charge in [-0.15, -0.1) is 0 Å². The van der Waals surface area contributed by atoms with E-state index in [1.807, 2.05) is 45.8 Å². The zero-order valence-electron chi connectivity index (χ0n) is 17.2. The Morgan fingerprint density at radius 2 is 1.61 bits per heavy atom. The van der Waals surface area contributed by atoms with E-state index in [9.17, 15) is 13.2 Å². The summed E-state index contributed by atoms with van der Waals surface area (Å²) >= 11 is 0. The topological polar surface area (TPSA) is 69.7 Å². The van der Waals surface area contributed by atoms with Crippen LogP contribution >= 0.6 is 0 Å². The van der Waals surface area contributed by atoms with Crippen LogP contribution in [0.15, 0.2) is 47.4 Å². The minimum absolute atomic E-state index is 0.164. The van der Waals surface area contributed by atoms with Gasteiger partial charge in [-0.1, -0.05) is 23.8 Å². The van der Waals surface area contributed by atoms with E-state index >= 15 is 0 Å². The molecule has 0 aliphatic rings. The van der Waals surface area contributed by atoms with Crippen LogP contribution < -0.4 is 9.62 Å². The van der Waals surface area contributed by atoms with Gasteiger partial charge >= 0.3 is 0 Å². The lowest BCUT2D eigenvalue weighted by Crippen LogP contribution is -2.42. The average Bonchev–Trinajstić information content (AvgIpc) is 2.62. The first-order chi connectivity index (χ1) is 13.1. The van der Waals surface area contributed by atoms with Gasteiger partial charge in [0.2, 0.25) is 5.91 Å². The predicted molar refractivity (Wildman–Crippen MR) is 113 cm³/mol. The van der Waals surface area contributed by atoms with E-state index in [0.29, 0.717) is 18.8 Å². The van der Waals surface area contributed by atoms with Crippen molar-refractivity contribution in [3.63, 3.8) is 0 Å². The minimum atomic E-state index is -3.87. The van der Waals surface area contributed by atoms with Crippen LogP contribution in [0.1, 0.15) is 16.7 Å². The number of nitrogens with one attached hydrogen (secondary N) is 1. The number of hydrogen-bond acceptors (Lipinski definition) is 4. The van der Waals surface area contributed by atoms with Crippen LogP contribution in [0.5, 0.6) is 0 Å². The molecule has 0 saturated heterocycles. The average molecular weight is 404 g/mol. The van der Waals surface area contributed by atoms with Gasteiger partial charge in [0.15, 0.2) is 0 Å². The van der Waals surface area contributed by atoms with E-state index in [0.717, 1.165) is 16.7 Å². The number of carbonyl (C=O) groups is 1. The second-order valence-electron chi connectivity index (χ2n) is 7.25. The first kappa shape index (κ1) is 21.9. The summed E-state index contributed by atoms with van der Waals surface area (Å²) in [6.45, 7) is 6.65. The number of sulfonamides is 1. The fraction of sp³-hybridized carbons (Fsp3) is 0.381. The fourth-order valence-corrected chi connectivity index (χ4v) is 4.05. The molecule has 0 aliphatic heterocycles. The molecule has 0 atom stereocenters. The molecule has 2 aromatic carbocycles. The van der Waals surface area contributed by atoms with Crippen LogP contribution in [-0.4, -0.2) is 53.0 Å². The first-order valence-corrected chi connectivity index (χ1v) is 10.6. The lowest BCUT2D eigenvalue weighted by atomic mass is 10.1. The number of anilines is 1. The Morgan fingerprint density at radius 3 is 2.18 bits per heavy atom. The van der Waals surface area contributed by atoms with Crippen molar-refractivity contribution in [2.75, 3.05) is 38.0 Å². The van der Waals surface area contributed by atoms with Gasteiger partial charge in [-0.05, 0) is 70.3 Å². The van der Waals surface area contributed by atoms with Crippen LogP contribution in [0.3, 0.4) is 0 Å². The Hall–Kier alpha value is -2.38. The number of carbonyl (C=O) groups excluding carboxylic acids is 1. The van der Waals surface area contributed by atoms with Crippen molar-refractivity contribution in [1.29, 1.82) is 0 Å². The Labute approximate surface area is 168 Å². The van der Waals surface area contributed by atoms with E-state index in [1.54, 1.807) is 36.4 Å². The van der Waals surface area contributed by atoms with Gasteiger partial charge in [-0.3, -0.25) is 9.10 Å². The first-order valence-electron chi connectivity index (χ1n) is 9.19. The Bertz CT molecular complexity index is 922. The minimum Gasteiger partial charge on any atom is -0.353 e. The maximum atomic E-state index is 13.3. The molecule has 0 aromatic heterocycles. The number of rotatable bonds is 8. The molecule has 0 radical (unpaired) electrons. The molecule has 0 bridgehead atoms. The zero-order valence-corrected chi connectivity index (χ0v) is 18.0. The fourth-order valence-electron chi connectivity index (χ4n) is 2.64. The van der Waals surface area contributed by atoms with E-state index in [1.165, 1.54) is 4.31 Å². The summed E-state index contributed by atoms with van der Waals surface area (Å²) in [6.07, 6.45) is 0. The van der Waals surface area contributed by atoms with E-state index in [4.69, 9.17) is 0 Å². The van der Waals surface area contributed by atoms with Crippen LogP contribution in [0.4, 0.5) is 5.69 Å². The molecule has 0 fully saturated rings. The van der Waals surface area contributed by atoms with Gasteiger partial charge in [0.05, 0.1) is 10.6 Å². The van der Waals surface area contributed by atoms with E-state index in [2.05, 4.69) is 5.32 Å². The summed E-state index contributed by atoms with van der Waals surface area (Å²) in [4.78, 5) is 14.6. The normalized spacial score (nSPS) is 11.5. The smallest absolute Gasteiger partial charge is 0.264 e. The van der Waals surface area contributed by atoms with Crippen LogP contribution in [0, 0.1) is 20.8 Å². The predicted octanol–water partition coefficient (Wildman–Crippen LogP) is 2.48. The number of aryl methyl sites for hydroxylation is 3. The van der Waals surface area contributed by atoms with Crippen LogP contribution in [-0.2, 0) is 14.8 Å². The monoisotopic (exact) mass is 403 g/mol. The summed E-state index contributed by atoms with van der Waals surface area (Å²) in [5, 5.41) is 2.79. The highest BCUT2D eigenvalue weighted by molar-refractivity contribution is 7.92. The maximum absolute atomic E-state index is 13.3. The third-order valence-electron chi connectivity index (χ3n) is 4.56. The Kier molecular flexibility index (Phi) is 7.21. The molecule has 0 saturated carbocycles. The van der Waals surface area contributed by atoms with Crippen LogP contribution in [0.2, 0.25) is 0 Å². The van der Waals surface area contributed by atoms with Crippen molar-refractivity contribution in [3.05, 3.63) is 59.2 Å². The molecule has 2 aromatic rings. The maximum Gasteiger partial charge on any atom is 0.264 e. The van der Waals surface area contributed by atoms with Crippen molar-refractivity contribution in [3.8, 4) is 0 Å². The summed E-state index contributed by atoms with van der Waals surface area (Å²) in [5.74, 6) is -0.337. The highest BCUT2D eigenvalue weighted by Crippen LogP contribution is 2.25. The van der Waals surface area contributed by atoms with Gasteiger partial charge in [0, 0.05) is 13.1 Å². The summed E-state index contributed by atoms with van der Waals surface area (Å²) in [6, 6.07) is 12.1. The third kappa shape index (κ3) is 5.56. The molecule has 7 heteroatoms. The molecule has 28 heavy (non-hydrogen) atoms. The van der Waals surface area contributed by atoms with Gasteiger partial charge < -0.3 is 10.2 Å². The molecule has 1 N–H and O–H groups in total. The zero-order chi connectivity index (χ0) is 20.9.